The Balaban J connectivity index is 1.85. The number of piperidine rings is 1. The van der Waals surface area contributed by atoms with E-state index in [0.717, 1.165) is 19.4 Å². The number of nitrogens with zero attached hydrogens (tertiary/aromatic N) is 2. The number of benzene rings is 1. The number of imidazole rings is 1. The summed E-state index contributed by atoms with van der Waals surface area (Å²) < 4.78 is 15.5. The number of aryl methyl sites for hydroxylation is 1. The lowest BCUT2D eigenvalue weighted by molar-refractivity contribution is -0.126. The molecule has 5 nitrogen and oxygen atoms in total. The van der Waals surface area contributed by atoms with Gasteiger partial charge >= 0.3 is 0 Å². The second-order valence-electron chi connectivity index (χ2n) is 6.47. The maximum atomic E-state index is 13.7. The molecule has 2 aromatic rings. The van der Waals surface area contributed by atoms with Crippen molar-refractivity contribution in [3.63, 3.8) is 0 Å². The molecule has 1 amide bonds. The number of nitrogens with one attached hydrogen (secondary N) is 2. The molecular weight excluding hydrogens is 307 g/mol. The Morgan fingerprint density at radius 2 is 2.33 bits per heavy atom. The van der Waals surface area contributed by atoms with E-state index in [9.17, 15) is 9.18 Å². The number of halogens is 1. The molecule has 6 heteroatoms. The number of amides is 1. The van der Waals surface area contributed by atoms with Gasteiger partial charge < -0.3 is 15.2 Å². The highest BCUT2D eigenvalue weighted by Crippen LogP contribution is 2.24. The lowest BCUT2D eigenvalue weighted by atomic mass is 9.92. The van der Waals surface area contributed by atoms with Gasteiger partial charge in [0.15, 0.2) is 0 Å². The largest absolute Gasteiger partial charge is 0.342 e. The second kappa shape index (κ2) is 7.13. The molecule has 0 saturated carbocycles. The van der Waals surface area contributed by atoms with Crippen molar-refractivity contribution in [2.75, 3.05) is 6.54 Å². The van der Waals surface area contributed by atoms with Crippen LogP contribution in [0.25, 0.3) is 0 Å². The van der Waals surface area contributed by atoms with Crippen molar-refractivity contribution in [2.45, 2.75) is 31.8 Å². The van der Waals surface area contributed by atoms with E-state index < -0.39 is 6.04 Å². The Hall–Kier alpha value is -2.21. The third kappa shape index (κ3) is 3.64. The van der Waals surface area contributed by atoms with Gasteiger partial charge in [0.05, 0.1) is 0 Å². The molecule has 128 valence electrons. The molecule has 0 radical (unpaired) electrons. The van der Waals surface area contributed by atoms with Crippen LogP contribution in [0.4, 0.5) is 4.39 Å². The van der Waals surface area contributed by atoms with Crippen LogP contribution in [0.15, 0.2) is 36.7 Å². The molecular formula is C18H23FN4O. The van der Waals surface area contributed by atoms with E-state index in [1.54, 1.807) is 12.3 Å². The first-order chi connectivity index (χ1) is 11.5. The predicted molar refractivity (Wildman–Crippen MR) is 89.8 cm³/mol. The molecule has 3 atom stereocenters. The van der Waals surface area contributed by atoms with E-state index in [-0.39, 0.29) is 17.6 Å². The molecule has 1 aliphatic heterocycles. The summed E-state index contributed by atoms with van der Waals surface area (Å²) in [6, 6.07) is 6.18. The van der Waals surface area contributed by atoms with E-state index in [1.165, 1.54) is 12.1 Å². The van der Waals surface area contributed by atoms with E-state index in [2.05, 4.69) is 22.5 Å². The van der Waals surface area contributed by atoms with E-state index in [0.29, 0.717) is 17.4 Å². The molecule has 3 rings (SSSR count). The van der Waals surface area contributed by atoms with Crippen LogP contribution in [-0.2, 0) is 11.8 Å². The summed E-state index contributed by atoms with van der Waals surface area (Å²) in [7, 11) is 1.87. The number of rotatable bonds is 4. The van der Waals surface area contributed by atoms with Crippen LogP contribution in [0, 0.1) is 11.7 Å². The van der Waals surface area contributed by atoms with Gasteiger partial charge in [0.2, 0.25) is 5.91 Å². The summed E-state index contributed by atoms with van der Waals surface area (Å²) in [5, 5.41) is 6.43. The molecule has 1 aliphatic rings. The van der Waals surface area contributed by atoms with Gasteiger partial charge in [-0.25, -0.2) is 9.37 Å². The molecule has 1 fully saturated rings. The fraction of sp³-hybridized carbons (Fsp3) is 0.444. The average Bonchev–Trinajstić information content (AvgIpc) is 2.98. The molecule has 0 spiro atoms. The van der Waals surface area contributed by atoms with Gasteiger partial charge in [0, 0.05) is 31.4 Å². The quantitative estimate of drug-likeness (QED) is 0.903. The van der Waals surface area contributed by atoms with Crippen LogP contribution in [0.2, 0.25) is 0 Å². The fourth-order valence-corrected chi connectivity index (χ4v) is 3.27. The monoisotopic (exact) mass is 330 g/mol. The molecule has 2 heterocycles. The van der Waals surface area contributed by atoms with Gasteiger partial charge in [-0.2, -0.15) is 0 Å². The summed E-state index contributed by atoms with van der Waals surface area (Å²) in [6.07, 6.45) is 5.12. The number of hydrogen-bond donors (Lipinski definition) is 2. The Bertz CT molecular complexity index is 715. The smallest absolute Gasteiger partial charge is 0.224 e. The number of aromatic nitrogens is 2. The van der Waals surface area contributed by atoms with Gasteiger partial charge in [0.25, 0.3) is 0 Å². The first-order valence-electron chi connectivity index (χ1n) is 8.31. The zero-order valence-corrected chi connectivity index (χ0v) is 14.0. The van der Waals surface area contributed by atoms with E-state index in [1.807, 2.05) is 23.9 Å². The summed E-state index contributed by atoms with van der Waals surface area (Å²) in [5.41, 5.74) is 0.694. The minimum Gasteiger partial charge on any atom is -0.342 e. The van der Waals surface area contributed by atoms with Crippen molar-refractivity contribution in [3.8, 4) is 0 Å². The Morgan fingerprint density at radius 3 is 3.00 bits per heavy atom. The molecule has 0 bridgehead atoms. The second-order valence-corrected chi connectivity index (χ2v) is 6.47. The van der Waals surface area contributed by atoms with Crippen molar-refractivity contribution < 1.29 is 9.18 Å². The van der Waals surface area contributed by atoms with Gasteiger partial charge in [-0.15, -0.1) is 0 Å². The van der Waals surface area contributed by atoms with Gasteiger partial charge in [-0.1, -0.05) is 12.1 Å². The summed E-state index contributed by atoms with van der Waals surface area (Å²) in [5.74, 6) is 0.338. The highest BCUT2D eigenvalue weighted by molar-refractivity contribution is 5.79. The highest BCUT2D eigenvalue weighted by atomic mass is 19.1. The third-order valence-electron chi connectivity index (χ3n) is 4.58. The lowest BCUT2D eigenvalue weighted by Gasteiger charge is -2.29. The van der Waals surface area contributed by atoms with Crippen molar-refractivity contribution >= 4 is 5.91 Å². The van der Waals surface area contributed by atoms with Gasteiger partial charge in [-0.3, -0.25) is 4.79 Å². The maximum Gasteiger partial charge on any atom is 0.224 e. The van der Waals surface area contributed by atoms with Crippen molar-refractivity contribution in [2.24, 2.45) is 13.0 Å². The highest BCUT2D eigenvalue weighted by Gasteiger charge is 2.28. The van der Waals surface area contributed by atoms with Crippen LogP contribution in [-0.4, -0.2) is 28.0 Å². The number of carbonyl (C=O) groups excluding carboxylic acids is 1. The molecule has 2 N–H and O–H groups in total. The number of carbonyl (C=O) groups is 1. The molecule has 24 heavy (non-hydrogen) atoms. The third-order valence-corrected chi connectivity index (χ3v) is 4.58. The lowest BCUT2D eigenvalue weighted by Crippen LogP contribution is -2.43. The zero-order valence-electron chi connectivity index (χ0n) is 14.0. The van der Waals surface area contributed by atoms with Crippen molar-refractivity contribution in [1.29, 1.82) is 0 Å². The predicted octanol–water partition coefficient (Wildman–Crippen LogP) is 2.15. The topological polar surface area (TPSA) is 59.0 Å². The molecule has 1 saturated heterocycles. The van der Waals surface area contributed by atoms with Crippen molar-refractivity contribution in [1.82, 2.24) is 20.2 Å². The average molecular weight is 330 g/mol. The minimum absolute atomic E-state index is 0.000566. The maximum absolute atomic E-state index is 13.7. The molecule has 1 aromatic carbocycles. The minimum atomic E-state index is -0.460. The standard InChI is InChI=1S/C18H23FN4O/c1-12-10-14(6-7-20-12)18(24)22-16(17-21-8-9-23(17)2)13-4-3-5-15(19)11-13/h3-5,8-9,11-12,14,16,20H,6-7,10H2,1-2H3,(H,22,24)/t12-,14-,16?/m0/s1. The Kier molecular flexibility index (Phi) is 4.94. The normalized spacial score (nSPS) is 22.1. The Morgan fingerprint density at radius 1 is 1.50 bits per heavy atom. The van der Waals surface area contributed by atoms with Crippen LogP contribution in [0.1, 0.15) is 37.2 Å². The summed E-state index contributed by atoms with van der Waals surface area (Å²) in [4.78, 5) is 17.1. The van der Waals surface area contributed by atoms with Gasteiger partial charge in [0.1, 0.15) is 17.7 Å². The Labute approximate surface area is 141 Å². The SMILES string of the molecule is C[C@H]1C[C@@H](C(=O)NC(c2cccc(F)c2)c2nccn2C)CCN1. The van der Waals surface area contributed by atoms with Crippen LogP contribution >= 0.6 is 0 Å². The first-order valence-corrected chi connectivity index (χ1v) is 8.31. The van der Waals surface area contributed by atoms with Crippen LogP contribution in [0.5, 0.6) is 0 Å². The first kappa shape index (κ1) is 16.6. The zero-order chi connectivity index (χ0) is 17.1. The summed E-state index contributed by atoms with van der Waals surface area (Å²) >= 11 is 0. The van der Waals surface area contributed by atoms with E-state index >= 15 is 0 Å². The summed E-state index contributed by atoms with van der Waals surface area (Å²) in [6.45, 7) is 2.93. The van der Waals surface area contributed by atoms with Crippen molar-refractivity contribution in [3.05, 3.63) is 53.9 Å². The number of hydrogen-bond acceptors (Lipinski definition) is 3. The fourth-order valence-electron chi connectivity index (χ4n) is 3.27. The molecule has 1 unspecified atom stereocenters. The van der Waals surface area contributed by atoms with Gasteiger partial charge in [-0.05, 0) is 44.0 Å². The molecule has 0 aliphatic carbocycles. The van der Waals surface area contributed by atoms with Crippen LogP contribution in [0.3, 0.4) is 0 Å². The van der Waals surface area contributed by atoms with E-state index in [4.69, 9.17) is 0 Å². The van der Waals surface area contributed by atoms with Crippen LogP contribution < -0.4 is 10.6 Å². The molecule has 1 aromatic heterocycles.